The van der Waals surface area contributed by atoms with E-state index in [1.165, 1.54) is 4.90 Å². The molecule has 1 saturated carbocycles. The highest BCUT2D eigenvalue weighted by Gasteiger charge is 2.28. The molecular formula is C23H26N2O2S. The van der Waals surface area contributed by atoms with Gasteiger partial charge in [0.1, 0.15) is 5.78 Å². The molecule has 4 nitrogen and oxygen atoms in total. The molecule has 0 radical (unpaired) electrons. The van der Waals surface area contributed by atoms with Crippen LogP contribution in [0.4, 0.5) is 0 Å². The minimum atomic E-state index is -0.0716. The van der Waals surface area contributed by atoms with Crippen molar-refractivity contribution in [2.45, 2.75) is 55.5 Å². The Morgan fingerprint density at radius 1 is 1.07 bits per heavy atom. The van der Waals surface area contributed by atoms with Gasteiger partial charge in [-0.2, -0.15) is 0 Å². The lowest BCUT2D eigenvalue weighted by Gasteiger charge is -2.14. The number of thioether (sulfide) groups is 1. The quantitative estimate of drug-likeness (QED) is 0.724. The number of carbonyl (C=O) groups is 1. The van der Waals surface area contributed by atoms with E-state index in [0.717, 1.165) is 48.1 Å². The van der Waals surface area contributed by atoms with Crippen LogP contribution in [0.2, 0.25) is 0 Å². The van der Waals surface area contributed by atoms with Gasteiger partial charge in [0.2, 0.25) is 0 Å². The number of ketones is 1. The van der Waals surface area contributed by atoms with Crippen LogP contribution in [0, 0.1) is 0 Å². The third kappa shape index (κ3) is 4.15. The van der Waals surface area contributed by atoms with Gasteiger partial charge in [-0.1, -0.05) is 24.3 Å². The first-order chi connectivity index (χ1) is 13.5. The number of hydrogen-bond acceptors (Lipinski definition) is 4. The molecule has 0 amide bonds. The zero-order chi connectivity index (χ0) is 19.7. The fourth-order valence-corrected chi connectivity index (χ4v) is 4.30. The molecule has 1 saturated heterocycles. The number of aromatic nitrogens is 1. The van der Waals surface area contributed by atoms with Crippen molar-refractivity contribution in [2.24, 2.45) is 0 Å². The highest BCUT2D eigenvalue weighted by Crippen LogP contribution is 2.38. The zero-order valence-electron chi connectivity index (χ0n) is 16.3. The largest absolute Gasteiger partial charge is 0.322 e. The highest BCUT2D eigenvalue weighted by molar-refractivity contribution is 7.98. The molecule has 0 spiro atoms. The maximum atomic E-state index is 12.6. The Bertz CT molecular complexity index is 957. The average Bonchev–Trinajstić information content (AvgIpc) is 3.43. The second-order valence-corrected chi connectivity index (χ2v) is 8.63. The van der Waals surface area contributed by atoms with Crippen LogP contribution in [0.5, 0.6) is 0 Å². The van der Waals surface area contributed by atoms with Crippen molar-refractivity contribution in [3.8, 4) is 0 Å². The minimum Gasteiger partial charge on any atom is -0.322 e. The molecule has 1 aliphatic heterocycles. The van der Waals surface area contributed by atoms with E-state index in [0.29, 0.717) is 5.92 Å². The Labute approximate surface area is 169 Å². The lowest BCUT2D eigenvalue weighted by atomic mass is 9.98. The van der Waals surface area contributed by atoms with E-state index in [1.807, 2.05) is 12.1 Å². The van der Waals surface area contributed by atoms with Crippen LogP contribution in [0.1, 0.15) is 55.3 Å². The maximum absolute atomic E-state index is 12.6. The van der Waals surface area contributed by atoms with Gasteiger partial charge in [0.05, 0.1) is 6.04 Å². The Morgan fingerprint density at radius 2 is 1.82 bits per heavy atom. The normalized spacial score (nSPS) is 22.4. The topological polar surface area (TPSA) is 62.0 Å². The fourth-order valence-electron chi connectivity index (χ4n) is 3.89. The second-order valence-electron chi connectivity index (χ2n) is 7.75. The summed E-state index contributed by atoms with van der Waals surface area (Å²) >= 11 is 1.71. The lowest BCUT2D eigenvalue weighted by Crippen LogP contribution is -2.33. The van der Waals surface area contributed by atoms with Gasteiger partial charge in [-0.3, -0.25) is 9.59 Å². The molecule has 2 fully saturated rings. The van der Waals surface area contributed by atoms with Crippen molar-refractivity contribution >= 4 is 23.1 Å². The third-order valence-electron chi connectivity index (χ3n) is 5.69. The summed E-state index contributed by atoms with van der Waals surface area (Å²) in [5.41, 5.74) is 3.83. The molecule has 1 unspecified atom stereocenters. The van der Waals surface area contributed by atoms with Crippen molar-refractivity contribution in [2.75, 3.05) is 6.26 Å². The number of aromatic amines is 1. The Balaban J connectivity index is 1.70. The maximum Gasteiger partial charge on any atom is 0.251 e. The highest BCUT2D eigenvalue weighted by atomic mass is 32.2. The van der Waals surface area contributed by atoms with Crippen molar-refractivity contribution < 1.29 is 4.79 Å². The predicted molar refractivity (Wildman–Crippen MR) is 115 cm³/mol. The first-order valence-electron chi connectivity index (χ1n) is 9.91. The minimum absolute atomic E-state index is 0.0210. The summed E-state index contributed by atoms with van der Waals surface area (Å²) in [6, 6.07) is 12.5. The standard InChI is InChI=1S/C23H26N2O2S/c1-14(26)21-11-7-17(24-21)13-20(16-5-8-18(28-2)9-6-16)22-12-10-19(15-3-4-15)23(27)25-22/h5-6,8-10,12-13,15,17,21,24H,3-4,7,11H2,1-2H3,(H,25,27)/t17-,21?/m1/s1. The van der Waals surface area contributed by atoms with Gasteiger partial charge in [0.25, 0.3) is 5.56 Å². The fraction of sp³-hybridized carbons (Fsp3) is 0.391. The van der Waals surface area contributed by atoms with Gasteiger partial charge in [0, 0.05) is 27.8 Å². The molecule has 1 aromatic heterocycles. The van der Waals surface area contributed by atoms with Crippen LogP contribution in [0.25, 0.3) is 5.57 Å². The Kier molecular flexibility index (Phi) is 5.56. The summed E-state index contributed by atoms with van der Waals surface area (Å²) in [5, 5.41) is 3.42. The van der Waals surface area contributed by atoms with Crippen molar-refractivity contribution in [3.05, 3.63) is 69.6 Å². The van der Waals surface area contributed by atoms with Gasteiger partial charge in [-0.25, -0.2) is 0 Å². The number of hydrogen-bond donors (Lipinski definition) is 2. The van der Waals surface area contributed by atoms with Crippen LogP contribution in [0.15, 0.2) is 52.2 Å². The van der Waals surface area contributed by atoms with Crippen LogP contribution in [0.3, 0.4) is 0 Å². The first-order valence-corrected chi connectivity index (χ1v) is 11.1. The molecule has 146 valence electrons. The molecule has 1 aromatic carbocycles. The second kappa shape index (κ2) is 8.10. The average molecular weight is 395 g/mol. The number of benzene rings is 1. The van der Waals surface area contributed by atoms with Gasteiger partial charge in [-0.15, -0.1) is 11.8 Å². The third-order valence-corrected chi connectivity index (χ3v) is 6.43. The molecule has 28 heavy (non-hydrogen) atoms. The monoisotopic (exact) mass is 394 g/mol. The van der Waals surface area contributed by atoms with Crippen molar-refractivity contribution in [1.82, 2.24) is 10.3 Å². The number of Topliss-reactive ketones (excluding diaryl/α,β-unsaturated/α-hetero) is 1. The van der Waals surface area contributed by atoms with Crippen LogP contribution in [-0.4, -0.2) is 29.1 Å². The molecule has 2 N–H and O–H groups in total. The summed E-state index contributed by atoms with van der Waals surface area (Å²) in [4.78, 5) is 28.6. The van der Waals surface area contributed by atoms with Gasteiger partial charge in [0.15, 0.2) is 0 Å². The Hall–Kier alpha value is -2.11. The smallest absolute Gasteiger partial charge is 0.251 e. The van der Waals surface area contributed by atoms with E-state index in [2.05, 4.69) is 46.9 Å². The molecule has 0 bridgehead atoms. The van der Waals surface area contributed by atoms with E-state index in [1.54, 1.807) is 18.7 Å². The number of rotatable bonds is 6. The summed E-state index contributed by atoms with van der Waals surface area (Å²) in [6.45, 7) is 1.64. The summed E-state index contributed by atoms with van der Waals surface area (Å²) in [5.74, 6) is 0.614. The van der Waals surface area contributed by atoms with E-state index in [4.69, 9.17) is 0 Å². The molecule has 5 heteroatoms. The SMILES string of the molecule is CSc1ccc(C(=C[C@H]2CCC(C(C)=O)N2)c2ccc(C3CC3)c(=O)[nH]2)cc1. The molecule has 2 aromatic rings. The number of pyridine rings is 1. The zero-order valence-corrected chi connectivity index (χ0v) is 17.1. The number of H-pyrrole nitrogens is 1. The van der Waals surface area contributed by atoms with E-state index in [-0.39, 0.29) is 23.4 Å². The van der Waals surface area contributed by atoms with Crippen LogP contribution in [-0.2, 0) is 4.79 Å². The van der Waals surface area contributed by atoms with Gasteiger partial charge >= 0.3 is 0 Å². The molecule has 2 aliphatic rings. The Morgan fingerprint density at radius 3 is 2.39 bits per heavy atom. The van der Waals surface area contributed by atoms with Gasteiger partial charge in [-0.05, 0) is 68.5 Å². The summed E-state index contributed by atoms with van der Waals surface area (Å²) < 4.78 is 0. The van der Waals surface area contributed by atoms with E-state index < -0.39 is 0 Å². The molecule has 2 atom stereocenters. The van der Waals surface area contributed by atoms with Crippen LogP contribution < -0.4 is 10.9 Å². The number of nitrogens with one attached hydrogen (secondary N) is 2. The summed E-state index contributed by atoms with van der Waals surface area (Å²) in [6.07, 6.45) is 8.22. The molecule has 1 aliphatic carbocycles. The molecule has 2 heterocycles. The van der Waals surface area contributed by atoms with Crippen LogP contribution >= 0.6 is 11.8 Å². The van der Waals surface area contributed by atoms with Crippen molar-refractivity contribution in [3.63, 3.8) is 0 Å². The van der Waals surface area contributed by atoms with E-state index in [9.17, 15) is 9.59 Å². The number of carbonyl (C=O) groups excluding carboxylic acids is 1. The predicted octanol–water partition coefficient (Wildman–Crippen LogP) is 4.12. The summed E-state index contributed by atoms with van der Waals surface area (Å²) in [7, 11) is 0. The van der Waals surface area contributed by atoms with Crippen molar-refractivity contribution in [1.29, 1.82) is 0 Å². The molecular weight excluding hydrogens is 368 g/mol. The lowest BCUT2D eigenvalue weighted by molar-refractivity contribution is -0.118. The first kappa shape index (κ1) is 19.2. The van der Waals surface area contributed by atoms with E-state index >= 15 is 0 Å². The van der Waals surface area contributed by atoms with Gasteiger partial charge < -0.3 is 10.3 Å². The molecule has 4 rings (SSSR count).